The Morgan fingerprint density at radius 1 is 1.19 bits per heavy atom. The maximum Gasteiger partial charge on any atom is 0.243 e. The summed E-state index contributed by atoms with van der Waals surface area (Å²) in [6.45, 7) is -0.0414. The number of hydrogen-bond acceptors (Lipinski definition) is 6. The third-order valence-electron chi connectivity index (χ3n) is 4.31. The van der Waals surface area contributed by atoms with Crippen molar-refractivity contribution in [3.8, 4) is 11.5 Å². The van der Waals surface area contributed by atoms with E-state index in [9.17, 15) is 17.6 Å². The second-order valence-corrected chi connectivity index (χ2v) is 9.94. The van der Waals surface area contributed by atoms with E-state index in [1.165, 1.54) is 57.3 Å². The molecule has 2 aromatic rings. The van der Waals surface area contributed by atoms with Crippen molar-refractivity contribution < 1.29 is 27.1 Å². The van der Waals surface area contributed by atoms with Crippen LogP contribution < -0.4 is 14.8 Å². The lowest BCUT2D eigenvalue weighted by atomic mass is 10.2. The Bertz CT molecular complexity index is 1000. The second-order valence-electron chi connectivity index (χ2n) is 6.38. The average molecular weight is 491 g/mol. The fraction of sp³-hybridized carbons (Fsp3) is 0.350. The Labute approximate surface area is 190 Å². The lowest BCUT2D eigenvalue weighted by Crippen LogP contribution is -2.39. The topological polar surface area (TPSA) is 84.9 Å². The van der Waals surface area contributed by atoms with Gasteiger partial charge in [-0.1, -0.05) is 17.7 Å². The Morgan fingerprint density at radius 3 is 2.55 bits per heavy atom. The number of rotatable bonds is 11. The van der Waals surface area contributed by atoms with Crippen molar-refractivity contribution in [1.82, 2.24) is 9.62 Å². The third kappa shape index (κ3) is 6.73. The number of halogens is 2. The number of nitrogens with zero attached hydrogens (tertiary/aromatic N) is 1. The summed E-state index contributed by atoms with van der Waals surface area (Å²) >= 11 is 7.39. The highest BCUT2D eigenvalue weighted by atomic mass is 35.5. The van der Waals surface area contributed by atoms with Crippen LogP contribution in [-0.2, 0) is 20.6 Å². The van der Waals surface area contributed by atoms with Crippen molar-refractivity contribution >= 4 is 39.3 Å². The summed E-state index contributed by atoms with van der Waals surface area (Å²) in [4.78, 5) is 12.1. The van der Waals surface area contributed by atoms with E-state index in [2.05, 4.69) is 5.32 Å². The Hall–Kier alpha value is -2.01. The van der Waals surface area contributed by atoms with Gasteiger partial charge in [0.2, 0.25) is 15.9 Å². The van der Waals surface area contributed by atoms with Crippen LogP contribution in [0, 0.1) is 5.82 Å². The molecule has 0 spiro atoms. The van der Waals surface area contributed by atoms with Crippen molar-refractivity contribution in [2.75, 3.05) is 40.1 Å². The maximum absolute atomic E-state index is 13.7. The number of thioether (sulfide) groups is 1. The van der Waals surface area contributed by atoms with Gasteiger partial charge < -0.3 is 14.8 Å². The fourth-order valence-electron chi connectivity index (χ4n) is 2.61. The minimum Gasteiger partial charge on any atom is -0.493 e. The highest BCUT2D eigenvalue weighted by molar-refractivity contribution is 7.98. The fourth-order valence-corrected chi connectivity index (χ4v) is 4.95. The molecule has 1 amide bonds. The van der Waals surface area contributed by atoms with Crippen LogP contribution in [0.2, 0.25) is 5.02 Å². The quantitative estimate of drug-likeness (QED) is 0.487. The molecule has 0 heterocycles. The van der Waals surface area contributed by atoms with Crippen LogP contribution in [-0.4, -0.2) is 58.7 Å². The predicted molar refractivity (Wildman–Crippen MR) is 120 cm³/mol. The monoisotopic (exact) mass is 490 g/mol. The number of likely N-dealkylation sites (N-methyl/N-ethyl adjacent to an activating group) is 1. The number of amides is 1. The van der Waals surface area contributed by atoms with E-state index >= 15 is 0 Å². The molecule has 0 saturated heterocycles. The van der Waals surface area contributed by atoms with Crippen molar-refractivity contribution in [2.24, 2.45) is 0 Å². The number of nitrogens with one attached hydrogen (secondary N) is 1. The molecule has 11 heteroatoms. The zero-order valence-corrected chi connectivity index (χ0v) is 19.7. The molecule has 0 radical (unpaired) electrons. The first kappa shape index (κ1) is 25.3. The van der Waals surface area contributed by atoms with E-state index in [0.29, 0.717) is 34.4 Å². The number of methoxy groups -OCH3 is 2. The zero-order valence-electron chi connectivity index (χ0n) is 17.4. The van der Waals surface area contributed by atoms with Crippen molar-refractivity contribution in [3.63, 3.8) is 0 Å². The van der Waals surface area contributed by atoms with Crippen LogP contribution in [0.1, 0.15) is 5.56 Å². The smallest absolute Gasteiger partial charge is 0.243 e. The van der Waals surface area contributed by atoms with Crippen LogP contribution in [0.4, 0.5) is 4.39 Å². The molecular weight excluding hydrogens is 467 g/mol. The normalized spacial score (nSPS) is 11.4. The Morgan fingerprint density at radius 2 is 1.90 bits per heavy atom. The number of ether oxygens (including phenoxy) is 2. The molecule has 0 aliphatic carbocycles. The summed E-state index contributed by atoms with van der Waals surface area (Å²) < 4.78 is 50.4. The van der Waals surface area contributed by atoms with Crippen molar-refractivity contribution in [2.45, 2.75) is 10.6 Å². The van der Waals surface area contributed by atoms with Gasteiger partial charge in [0.25, 0.3) is 0 Å². The van der Waals surface area contributed by atoms with Gasteiger partial charge in [-0.2, -0.15) is 16.1 Å². The first-order valence-corrected chi connectivity index (χ1v) is 12.1. The number of carbonyl (C=O) groups excluding carboxylic acids is 1. The first-order valence-electron chi connectivity index (χ1n) is 9.16. The highest BCUT2D eigenvalue weighted by Crippen LogP contribution is 2.30. The number of hydrogen-bond donors (Lipinski definition) is 1. The minimum absolute atomic E-state index is 0.0160. The molecular formula is C20H24ClFN2O5S2. The summed E-state index contributed by atoms with van der Waals surface area (Å²) in [5, 5.41) is 3.02. The van der Waals surface area contributed by atoms with Crippen LogP contribution >= 0.6 is 23.4 Å². The summed E-state index contributed by atoms with van der Waals surface area (Å²) in [7, 11) is 0.279. The van der Waals surface area contributed by atoms with Gasteiger partial charge in [-0.25, -0.2) is 12.8 Å². The molecule has 2 rings (SSSR count). The molecule has 0 unspecified atom stereocenters. The summed E-state index contributed by atoms with van der Waals surface area (Å²) in [6.07, 6.45) is 0. The van der Waals surface area contributed by atoms with E-state index in [1.54, 1.807) is 12.1 Å². The molecule has 0 aliphatic heterocycles. The van der Waals surface area contributed by atoms with Gasteiger partial charge in [-0.05, 0) is 24.3 Å². The van der Waals surface area contributed by atoms with Gasteiger partial charge in [0, 0.05) is 41.8 Å². The molecule has 0 atom stereocenters. The lowest BCUT2D eigenvalue weighted by molar-refractivity contribution is -0.121. The number of benzene rings is 2. The minimum atomic E-state index is -3.90. The largest absolute Gasteiger partial charge is 0.493 e. The molecule has 0 fully saturated rings. The highest BCUT2D eigenvalue weighted by Gasteiger charge is 2.24. The van der Waals surface area contributed by atoms with Gasteiger partial charge in [-0.3, -0.25) is 4.79 Å². The van der Waals surface area contributed by atoms with Gasteiger partial charge in [0.1, 0.15) is 5.82 Å². The van der Waals surface area contributed by atoms with Gasteiger partial charge >= 0.3 is 0 Å². The molecule has 7 nitrogen and oxygen atoms in total. The van der Waals surface area contributed by atoms with E-state index in [-0.39, 0.29) is 23.0 Å². The molecule has 0 aliphatic rings. The van der Waals surface area contributed by atoms with E-state index < -0.39 is 15.9 Å². The van der Waals surface area contributed by atoms with Crippen molar-refractivity contribution in [1.29, 1.82) is 0 Å². The van der Waals surface area contributed by atoms with Crippen molar-refractivity contribution in [3.05, 3.63) is 52.8 Å². The van der Waals surface area contributed by atoms with Gasteiger partial charge in [0.05, 0.1) is 25.7 Å². The summed E-state index contributed by atoms with van der Waals surface area (Å²) in [5.74, 6) is 0.740. The third-order valence-corrected chi connectivity index (χ3v) is 7.45. The SMILES string of the molecule is COc1ccc(S(=O)(=O)N(C)CC(=O)NCCSCc2c(F)cccc2Cl)cc1OC. The number of carbonyl (C=O) groups is 1. The van der Waals surface area contributed by atoms with E-state index in [1.807, 2.05) is 0 Å². The molecule has 2 aromatic carbocycles. The Kier molecular flexibility index (Phi) is 9.42. The lowest BCUT2D eigenvalue weighted by Gasteiger charge is -2.18. The zero-order chi connectivity index (χ0) is 23.0. The van der Waals surface area contributed by atoms with Gasteiger partial charge in [0.15, 0.2) is 11.5 Å². The van der Waals surface area contributed by atoms with Crippen LogP contribution in [0.25, 0.3) is 0 Å². The van der Waals surface area contributed by atoms with Crippen LogP contribution in [0.15, 0.2) is 41.3 Å². The standard InChI is InChI=1S/C20H24ClFN2O5S2/c1-24(31(26,27)14-7-8-18(28-2)19(11-14)29-3)12-20(25)23-9-10-30-13-15-16(21)5-4-6-17(15)22/h4-8,11H,9-10,12-13H2,1-3H3,(H,23,25). The van der Waals surface area contributed by atoms with E-state index in [0.717, 1.165) is 4.31 Å². The molecule has 0 bridgehead atoms. The van der Waals surface area contributed by atoms with E-state index in [4.69, 9.17) is 21.1 Å². The second kappa shape index (κ2) is 11.6. The molecule has 0 saturated carbocycles. The molecule has 1 N–H and O–H groups in total. The molecule has 31 heavy (non-hydrogen) atoms. The summed E-state index contributed by atoms with van der Waals surface area (Å²) in [5.41, 5.74) is 0.418. The van der Waals surface area contributed by atoms with Crippen LogP contribution in [0.5, 0.6) is 11.5 Å². The Balaban J connectivity index is 1.85. The first-order chi connectivity index (χ1) is 14.7. The average Bonchev–Trinajstić information content (AvgIpc) is 2.74. The summed E-state index contributed by atoms with van der Waals surface area (Å²) in [6, 6.07) is 8.72. The number of sulfonamides is 1. The maximum atomic E-state index is 13.7. The predicted octanol–water partition coefficient (Wildman–Crippen LogP) is 3.17. The van der Waals surface area contributed by atoms with Gasteiger partial charge in [-0.15, -0.1) is 0 Å². The van der Waals surface area contributed by atoms with Crippen LogP contribution in [0.3, 0.4) is 0 Å². The molecule has 170 valence electrons. The molecule has 0 aromatic heterocycles.